The second kappa shape index (κ2) is 7.11. The Balaban J connectivity index is 1.42. The van der Waals surface area contributed by atoms with Gasteiger partial charge in [0.05, 0.1) is 12.3 Å². The van der Waals surface area contributed by atoms with Crippen molar-refractivity contribution in [2.75, 3.05) is 11.9 Å². The molecule has 1 N–H and O–H groups in total. The molecule has 1 amide bonds. The monoisotopic (exact) mass is 349 g/mol. The molecule has 1 aliphatic heterocycles. The molecule has 1 unspecified atom stereocenters. The molecule has 0 saturated carbocycles. The van der Waals surface area contributed by atoms with Gasteiger partial charge in [-0.2, -0.15) is 0 Å². The van der Waals surface area contributed by atoms with Crippen molar-refractivity contribution in [1.29, 1.82) is 0 Å². The number of amides is 1. The number of fused-ring (bicyclic) bond motifs is 1. The average Bonchev–Trinajstić information content (AvgIpc) is 3.11. The van der Waals surface area contributed by atoms with Crippen molar-refractivity contribution in [2.24, 2.45) is 0 Å². The standard InChI is InChI=1S/C21H19NO2S/c23-20-14-18(21-19(22-20)11-13-25-21)16-6-8-17(9-7-16)24-12-10-15-4-2-1-3-5-15/h1-9,11,13,18H,10,12,14H2,(H,22,23). The topological polar surface area (TPSA) is 38.3 Å². The van der Waals surface area contributed by atoms with Gasteiger partial charge in [-0.3, -0.25) is 4.79 Å². The zero-order valence-electron chi connectivity index (χ0n) is 13.8. The maximum absolute atomic E-state index is 11.9. The minimum atomic E-state index is 0.0825. The lowest BCUT2D eigenvalue weighted by atomic mass is 9.91. The second-order valence-corrected chi connectivity index (χ2v) is 7.10. The van der Waals surface area contributed by atoms with E-state index in [0.717, 1.165) is 23.4 Å². The van der Waals surface area contributed by atoms with Gasteiger partial charge in [0.25, 0.3) is 0 Å². The van der Waals surface area contributed by atoms with E-state index in [1.807, 2.05) is 41.8 Å². The van der Waals surface area contributed by atoms with Gasteiger partial charge in [-0.05, 0) is 34.7 Å². The Morgan fingerprint density at radius 1 is 1.04 bits per heavy atom. The molecule has 3 aromatic rings. The summed E-state index contributed by atoms with van der Waals surface area (Å²) in [7, 11) is 0. The number of hydrogen-bond acceptors (Lipinski definition) is 3. The van der Waals surface area contributed by atoms with Crippen LogP contribution in [0.1, 0.15) is 28.3 Å². The smallest absolute Gasteiger partial charge is 0.225 e. The predicted molar refractivity (Wildman–Crippen MR) is 101 cm³/mol. The van der Waals surface area contributed by atoms with E-state index in [1.165, 1.54) is 10.4 Å². The molecule has 4 rings (SSSR count). The molecule has 1 aliphatic rings. The van der Waals surface area contributed by atoms with E-state index < -0.39 is 0 Å². The zero-order chi connectivity index (χ0) is 17.1. The van der Waals surface area contributed by atoms with Crippen LogP contribution in [0.2, 0.25) is 0 Å². The Morgan fingerprint density at radius 2 is 1.84 bits per heavy atom. The van der Waals surface area contributed by atoms with Crippen molar-refractivity contribution in [3.8, 4) is 5.75 Å². The Morgan fingerprint density at radius 3 is 2.64 bits per heavy atom. The van der Waals surface area contributed by atoms with Gasteiger partial charge in [0, 0.05) is 23.6 Å². The van der Waals surface area contributed by atoms with Gasteiger partial charge in [0.2, 0.25) is 5.91 Å². The van der Waals surface area contributed by atoms with Gasteiger partial charge in [-0.15, -0.1) is 11.3 Å². The molecule has 2 aromatic carbocycles. The highest BCUT2D eigenvalue weighted by molar-refractivity contribution is 7.10. The molecule has 0 fully saturated rings. The molecule has 2 heterocycles. The molecule has 1 atom stereocenters. The van der Waals surface area contributed by atoms with Gasteiger partial charge in [-0.25, -0.2) is 0 Å². The molecule has 0 aliphatic carbocycles. The fourth-order valence-corrected chi connectivity index (χ4v) is 4.15. The van der Waals surface area contributed by atoms with Crippen LogP contribution in [0.3, 0.4) is 0 Å². The summed E-state index contributed by atoms with van der Waals surface area (Å²) < 4.78 is 5.85. The molecule has 4 heteroatoms. The van der Waals surface area contributed by atoms with Crippen molar-refractivity contribution in [2.45, 2.75) is 18.8 Å². The minimum Gasteiger partial charge on any atom is -0.493 e. The highest BCUT2D eigenvalue weighted by Gasteiger charge is 2.27. The fraction of sp³-hybridized carbons (Fsp3) is 0.190. The highest BCUT2D eigenvalue weighted by Crippen LogP contribution is 2.40. The summed E-state index contributed by atoms with van der Waals surface area (Å²) in [6.07, 6.45) is 1.39. The number of nitrogens with one attached hydrogen (secondary N) is 1. The van der Waals surface area contributed by atoms with Crippen molar-refractivity contribution in [1.82, 2.24) is 0 Å². The third-order valence-corrected chi connectivity index (χ3v) is 5.49. The van der Waals surface area contributed by atoms with Crippen LogP contribution in [0.4, 0.5) is 5.69 Å². The SMILES string of the molecule is O=C1CC(c2ccc(OCCc3ccccc3)cc2)c2sccc2N1. The molecule has 25 heavy (non-hydrogen) atoms. The Hall–Kier alpha value is -2.59. The van der Waals surface area contributed by atoms with Gasteiger partial charge in [-0.1, -0.05) is 42.5 Å². The third-order valence-electron chi connectivity index (χ3n) is 4.46. The molecule has 0 bridgehead atoms. The molecule has 0 spiro atoms. The number of ether oxygens (including phenoxy) is 1. The lowest BCUT2D eigenvalue weighted by Crippen LogP contribution is -2.21. The molecule has 1 aromatic heterocycles. The molecule has 3 nitrogen and oxygen atoms in total. The van der Waals surface area contributed by atoms with Crippen LogP contribution in [0, 0.1) is 0 Å². The van der Waals surface area contributed by atoms with E-state index in [1.54, 1.807) is 11.3 Å². The minimum absolute atomic E-state index is 0.0825. The lowest BCUT2D eigenvalue weighted by molar-refractivity contribution is -0.116. The van der Waals surface area contributed by atoms with E-state index in [2.05, 4.69) is 29.6 Å². The summed E-state index contributed by atoms with van der Waals surface area (Å²) in [4.78, 5) is 13.2. The first-order valence-electron chi connectivity index (χ1n) is 8.43. The molecular weight excluding hydrogens is 330 g/mol. The summed E-state index contributed by atoms with van der Waals surface area (Å²) in [5, 5.41) is 4.97. The number of thiophene rings is 1. The summed E-state index contributed by atoms with van der Waals surface area (Å²) in [6, 6.07) is 20.5. The quantitative estimate of drug-likeness (QED) is 0.715. The van der Waals surface area contributed by atoms with Crippen molar-refractivity contribution < 1.29 is 9.53 Å². The fourth-order valence-electron chi connectivity index (χ4n) is 3.17. The summed E-state index contributed by atoms with van der Waals surface area (Å²) in [5.41, 5.74) is 3.39. The van der Waals surface area contributed by atoms with E-state index >= 15 is 0 Å². The Bertz CT molecular complexity index is 855. The van der Waals surface area contributed by atoms with Crippen molar-refractivity contribution >= 4 is 22.9 Å². The van der Waals surface area contributed by atoms with Crippen LogP contribution in [-0.2, 0) is 11.2 Å². The Labute approximate surface area is 151 Å². The van der Waals surface area contributed by atoms with Crippen molar-refractivity contribution in [3.63, 3.8) is 0 Å². The number of anilines is 1. The number of rotatable bonds is 5. The molecular formula is C21H19NO2S. The van der Waals surface area contributed by atoms with Crippen molar-refractivity contribution in [3.05, 3.63) is 82.0 Å². The largest absolute Gasteiger partial charge is 0.493 e. The van der Waals surface area contributed by atoms with Gasteiger partial charge >= 0.3 is 0 Å². The number of carbonyl (C=O) groups excluding carboxylic acids is 1. The highest BCUT2D eigenvalue weighted by atomic mass is 32.1. The number of hydrogen-bond donors (Lipinski definition) is 1. The van der Waals surface area contributed by atoms with Crippen LogP contribution < -0.4 is 10.1 Å². The van der Waals surface area contributed by atoms with E-state index in [-0.39, 0.29) is 11.8 Å². The van der Waals surface area contributed by atoms with Crippen LogP contribution in [-0.4, -0.2) is 12.5 Å². The molecule has 0 saturated heterocycles. The van der Waals surface area contributed by atoms with Crippen LogP contribution in [0.5, 0.6) is 5.75 Å². The van der Waals surface area contributed by atoms with Gasteiger partial charge in [0.15, 0.2) is 0 Å². The van der Waals surface area contributed by atoms with Gasteiger partial charge < -0.3 is 10.1 Å². The molecule has 126 valence electrons. The second-order valence-electron chi connectivity index (χ2n) is 6.16. The normalized spacial score (nSPS) is 16.2. The van der Waals surface area contributed by atoms with E-state index in [9.17, 15) is 4.79 Å². The predicted octanol–water partition coefficient (Wildman–Crippen LogP) is 4.84. The first-order chi connectivity index (χ1) is 12.3. The molecule has 0 radical (unpaired) electrons. The first kappa shape index (κ1) is 15.9. The summed E-state index contributed by atoms with van der Waals surface area (Å²) in [5.74, 6) is 1.09. The van der Waals surface area contributed by atoms with Crippen LogP contribution in [0.15, 0.2) is 66.0 Å². The zero-order valence-corrected chi connectivity index (χ0v) is 14.6. The maximum Gasteiger partial charge on any atom is 0.225 e. The van der Waals surface area contributed by atoms with Gasteiger partial charge in [0.1, 0.15) is 5.75 Å². The summed E-state index contributed by atoms with van der Waals surface area (Å²) >= 11 is 1.70. The average molecular weight is 349 g/mol. The Kier molecular flexibility index (Phi) is 4.53. The van der Waals surface area contributed by atoms with Crippen LogP contribution in [0.25, 0.3) is 0 Å². The number of carbonyl (C=O) groups is 1. The van der Waals surface area contributed by atoms with E-state index in [4.69, 9.17) is 4.74 Å². The van der Waals surface area contributed by atoms with Crippen LogP contribution >= 0.6 is 11.3 Å². The first-order valence-corrected chi connectivity index (χ1v) is 9.31. The summed E-state index contributed by atoms with van der Waals surface area (Å²) in [6.45, 7) is 0.657. The van der Waals surface area contributed by atoms with E-state index in [0.29, 0.717) is 13.0 Å². The lowest BCUT2D eigenvalue weighted by Gasteiger charge is -2.23. The maximum atomic E-state index is 11.9. The third kappa shape index (κ3) is 3.59. The number of benzene rings is 2.